The van der Waals surface area contributed by atoms with Gasteiger partial charge in [-0.1, -0.05) is 35.9 Å². The smallest absolute Gasteiger partial charge is 0.323 e. The maximum atomic E-state index is 12.9. The Labute approximate surface area is 188 Å². The van der Waals surface area contributed by atoms with Crippen molar-refractivity contribution in [1.29, 1.82) is 0 Å². The minimum atomic E-state index is -4.02. The number of hydrogen-bond acceptors (Lipinski definition) is 4. The molecule has 1 amide bonds. The second-order valence-corrected chi connectivity index (χ2v) is 9.30. The second-order valence-electron chi connectivity index (χ2n) is 7.18. The second kappa shape index (κ2) is 8.52. The van der Waals surface area contributed by atoms with Crippen LogP contribution in [0.2, 0.25) is 5.02 Å². The Morgan fingerprint density at radius 1 is 0.969 bits per heavy atom. The van der Waals surface area contributed by atoms with Crippen molar-refractivity contribution in [3.8, 4) is 0 Å². The molecule has 0 bridgehead atoms. The van der Waals surface area contributed by atoms with Gasteiger partial charge in [-0.25, -0.2) is 13.2 Å². The fourth-order valence-electron chi connectivity index (χ4n) is 3.26. The number of halogens is 1. The summed E-state index contributed by atoms with van der Waals surface area (Å²) < 4.78 is 28.4. The normalized spacial score (nSPS) is 12.4. The fraction of sp³-hybridized carbons (Fsp3) is 0.0909. The molecule has 0 aliphatic carbocycles. The zero-order valence-corrected chi connectivity index (χ0v) is 18.4. The highest BCUT2D eigenvalue weighted by molar-refractivity contribution is 7.92. The molecule has 1 heterocycles. The predicted molar refractivity (Wildman–Crippen MR) is 124 cm³/mol. The van der Waals surface area contributed by atoms with Crippen LogP contribution in [0.3, 0.4) is 0 Å². The first-order chi connectivity index (χ1) is 15.2. The van der Waals surface area contributed by atoms with Crippen molar-refractivity contribution in [2.75, 3.05) is 4.72 Å². The Morgan fingerprint density at radius 2 is 1.66 bits per heavy atom. The SMILES string of the molecule is CC(NC(=O)c1ccccc1NS(=O)(=O)c1ccc2[nH]c(=O)[nH]c2c1)c1ccc(Cl)cc1. The number of para-hydroxylation sites is 1. The zero-order chi connectivity index (χ0) is 22.9. The lowest BCUT2D eigenvalue weighted by molar-refractivity contribution is 0.0941. The van der Waals surface area contributed by atoms with Crippen molar-refractivity contribution in [3.05, 3.63) is 93.4 Å². The van der Waals surface area contributed by atoms with Gasteiger partial charge < -0.3 is 15.3 Å². The molecular weight excluding hydrogens is 452 g/mol. The molecule has 1 atom stereocenters. The maximum absolute atomic E-state index is 12.9. The molecule has 4 aromatic rings. The van der Waals surface area contributed by atoms with Crippen molar-refractivity contribution < 1.29 is 13.2 Å². The summed E-state index contributed by atoms with van der Waals surface area (Å²) in [6.07, 6.45) is 0. The number of imidazole rings is 1. The summed E-state index contributed by atoms with van der Waals surface area (Å²) in [4.78, 5) is 29.4. The van der Waals surface area contributed by atoms with Crippen LogP contribution in [-0.4, -0.2) is 24.3 Å². The predicted octanol–water partition coefficient (Wildman–Crippen LogP) is 3.80. The number of amides is 1. The number of nitrogens with one attached hydrogen (secondary N) is 4. The molecule has 8 nitrogen and oxygen atoms in total. The van der Waals surface area contributed by atoms with Gasteiger partial charge in [-0.3, -0.25) is 9.52 Å². The fourth-order valence-corrected chi connectivity index (χ4v) is 4.49. The van der Waals surface area contributed by atoms with Gasteiger partial charge in [0.2, 0.25) is 0 Å². The van der Waals surface area contributed by atoms with Crippen molar-refractivity contribution in [2.45, 2.75) is 17.9 Å². The Balaban J connectivity index is 1.58. The van der Waals surface area contributed by atoms with Gasteiger partial charge in [0.05, 0.1) is 33.2 Å². The zero-order valence-electron chi connectivity index (χ0n) is 16.8. The van der Waals surface area contributed by atoms with Gasteiger partial charge >= 0.3 is 5.69 Å². The molecule has 0 spiro atoms. The molecule has 0 saturated carbocycles. The molecule has 1 aromatic heterocycles. The van der Waals surface area contributed by atoms with E-state index in [-0.39, 0.29) is 22.2 Å². The number of sulfonamides is 1. The standard InChI is InChI=1S/C22H19ClN4O4S/c1-13(14-6-8-15(23)9-7-14)24-21(28)17-4-2-3-5-18(17)27-32(30,31)16-10-11-19-20(12-16)26-22(29)25-19/h2-13,27H,1H3,(H,24,28)(H2,25,26,29). The number of benzene rings is 3. The first kappa shape index (κ1) is 21.7. The summed E-state index contributed by atoms with van der Waals surface area (Å²) >= 11 is 5.91. The molecule has 32 heavy (non-hydrogen) atoms. The maximum Gasteiger partial charge on any atom is 0.323 e. The van der Waals surface area contributed by atoms with Crippen LogP contribution >= 0.6 is 11.6 Å². The van der Waals surface area contributed by atoms with Crippen LogP contribution < -0.4 is 15.7 Å². The number of carbonyl (C=O) groups excluding carboxylic acids is 1. The van der Waals surface area contributed by atoms with Crippen LogP contribution in [0.15, 0.2) is 76.4 Å². The van der Waals surface area contributed by atoms with Crippen LogP contribution in [0.25, 0.3) is 11.0 Å². The Morgan fingerprint density at radius 3 is 2.41 bits per heavy atom. The van der Waals surface area contributed by atoms with Crippen LogP contribution in [0.1, 0.15) is 28.9 Å². The van der Waals surface area contributed by atoms with Crippen molar-refractivity contribution in [1.82, 2.24) is 15.3 Å². The number of fused-ring (bicyclic) bond motifs is 1. The van der Waals surface area contributed by atoms with E-state index in [0.717, 1.165) is 5.56 Å². The number of anilines is 1. The molecular formula is C22H19ClN4O4S. The largest absolute Gasteiger partial charge is 0.345 e. The van der Waals surface area contributed by atoms with E-state index >= 15 is 0 Å². The van der Waals surface area contributed by atoms with E-state index in [2.05, 4.69) is 20.0 Å². The Bertz CT molecular complexity index is 1460. The minimum absolute atomic E-state index is 0.0509. The highest BCUT2D eigenvalue weighted by Gasteiger charge is 2.20. The van der Waals surface area contributed by atoms with Gasteiger partial charge in [0.25, 0.3) is 15.9 Å². The van der Waals surface area contributed by atoms with E-state index in [4.69, 9.17) is 11.6 Å². The van der Waals surface area contributed by atoms with Gasteiger partial charge in [-0.15, -0.1) is 0 Å². The monoisotopic (exact) mass is 470 g/mol. The first-order valence-corrected chi connectivity index (χ1v) is 11.5. The summed E-state index contributed by atoms with van der Waals surface area (Å²) in [5.74, 6) is -0.434. The van der Waals surface area contributed by atoms with Crippen molar-refractivity contribution in [3.63, 3.8) is 0 Å². The lowest BCUT2D eigenvalue weighted by Gasteiger charge is -2.17. The van der Waals surface area contributed by atoms with Crippen molar-refractivity contribution in [2.24, 2.45) is 0 Å². The summed E-state index contributed by atoms with van der Waals surface area (Å²) in [7, 11) is -4.02. The third-order valence-electron chi connectivity index (χ3n) is 4.93. The molecule has 0 aliphatic rings. The van der Waals surface area contributed by atoms with Gasteiger partial charge in [0.15, 0.2) is 0 Å². The van der Waals surface area contributed by atoms with E-state index in [1.165, 1.54) is 30.3 Å². The highest BCUT2D eigenvalue weighted by Crippen LogP contribution is 2.23. The van der Waals surface area contributed by atoms with Gasteiger partial charge in [0.1, 0.15) is 0 Å². The van der Waals surface area contributed by atoms with Gasteiger partial charge in [-0.2, -0.15) is 0 Å². The third kappa shape index (κ3) is 4.53. The third-order valence-corrected chi connectivity index (χ3v) is 6.55. The molecule has 164 valence electrons. The highest BCUT2D eigenvalue weighted by atomic mass is 35.5. The number of aromatic amines is 2. The van der Waals surface area contributed by atoms with E-state index in [9.17, 15) is 18.0 Å². The van der Waals surface area contributed by atoms with Crippen LogP contribution in [0, 0.1) is 0 Å². The topological polar surface area (TPSA) is 124 Å². The number of carbonyl (C=O) groups is 1. The van der Waals surface area contributed by atoms with Crippen molar-refractivity contribution >= 4 is 44.3 Å². The molecule has 4 rings (SSSR count). The van der Waals surface area contributed by atoms with Gasteiger partial charge in [-0.05, 0) is 55.0 Å². The lowest BCUT2D eigenvalue weighted by Crippen LogP contribution is -2.28. The van der Waals surface area contributed by atoms with E-state index in [1.807, 2.05) is 19.1 Å². The number of H-pyrrole nitrogens is 2. The summed E-state index contributed by atoms with van der Waals surface area (Å²) in [6.45, 7) is 1.82. The van der Waals surface area contributed by atoms with Crippen LogP contribution in [0.4, 0.5) is 5.69 Å². The summed E-state index contributed by atoms with van der Waals surface area (Å²) in [5.41, 5.74) is 1.59. The van der Waals surface area contributed by atoms with Crippen LogP contribution in [-0.2, 0) is 10.0 Å². The molecule has 4 N–H and O–H groups in total. The molecule has 10 heteroatoms. The number of aromatic nitrogens is 2. The number of hydrogen-bond donors (Lipinski definition) is 4. The average Bonchev–Trinajstić information content (AvgIpc) is 3.13. The van der Waals surface area contributed by atoms with Gasteiger partial charge in [0, 0.05) is 5.02 Å². The first-order valence-electron chi connectivity index (χ1n) is 9.63. The summed E-state index contributed by atoms with van der Waals surface area (Å²) in [6, 6.07) is 17.3. The summed E-state index contributed by atoms with van der Waals surface area (Å²) in [5, 5.41) is 3.46. The van der Waals surface area contributed by atoms with E-state index in [0.29, 0.717) is 16.1 Å². The Hall–Kier alpha value is -3.56. The molecule has 3 aromatic carbocycles. The molecule has 0 saturated heterocycles. The van der Waals surface area contributed by atoms with E-state index < -0.39 is 21.6 Å². The molecule has 0 aliphatic heterocycles. The van der Waals surface area contributed by atoms with E-state index in [1.54, 1.807) is 24.3 Å². The lowest BCUT2D eigenvalue weighted by atomic mass is 10.1. The molecule has 0 fully saturated rings. The molecule has 1 unspecified atom stereocenters. The number of rotatable bonds is 6. The Kier molecular flexibility index (Phi) is 5.77. The minimum Gasteiger partial charge on any atom is -0.345 e. The van der Waals surface area contributed by atoms with Crippen LogP contribution in [0.5, 0.6) is 0 Å². The average molecular weight is 471 g/mol. The molecule has 0 radical (unpaired) electrons. The quantitative estimate of drug-likeness (QED) is 0.342.